The molecule has 1 amide bonds. The van der Waals surface area contributed by atoms with Gasteiger partial charge in [-0.1, -0.05) is 35.9 Å². The zero-order valence-electron chi connectivity index (χ0n) is 11.4. The number of aromatic nitrogens is 1. The van der Waals surface area contributed by atoms with Gasteiger partial charge in [-0.05, 0) is 37.1 Å². The Kier molecular flexibility index (Phi) is 3.02. The van der Waals surface area contributed by atoms with Gasteiger partial charge in [-0.25, -0.2) is 4.98 Å². The van der Waals surface area contributed by atoms with Gasteiger partial charge in [-0.15, -0.1) is 0 Å². The van der Waals surface area contributed by atoms with Gasteiger partial charge in [0.15, 0.2) is 0 Å². The smallest absolute Gasteiger partial charge is 0.237 e. The van der Waals surface area contributed by atoms with E-state index in [1.807, 2.05) is 49.1 Å². The maximum absolute atomic E-state index is 12.6. The molecule has 2 heterocycles. The molecule has 3 rings (SSSR count). The zero-order chi connectivity index (χ0) is 14.3. The van der Waals surface area contributed by atoms with Crippen LogP contribution in [-0.2, 0) is 16.8 Å². The van der Waals surface area contributed by atoms with Crippen molar-refractivity contribution in [3.8, 4) is 0 Å². The molecule has 1 aliphatic rings. The van der Waals surface area contributed by atoms with Gasteiger partial charge in [-0.3, -0.25) is 4.79 Å². The monoisotopic (exact) mass is 286 g/mol. The lowest BCUT2D eigenvalue weighted by Crippen LogP contribution is -2.35. The normalized spacial score (nSPS) is 16.4. The summed E-state index contributed by atoms with van der Waals surface area (Å²) < 4.78 is 0. The lowest BCUT2D eigenvalue weighted by Gasteiger charge is -2.20. The van der Waals surface area contributed by atoms with Gasteiger partial charge >= 0.3 is 0 Å². The predicted octanol–water partition coefficient (Wildman–Crippen LogP) is 3.56. The zero-order valence-corrected chi connectivity index (χ0v) is 12.2. The van der Waals surface area contributed by atoms with Crippen LogP contribution in [0.4, 0.5) is 5.69 Å². The van der Waals surface area contributed by atoms with E-state index >= 15 is 0 Å². The standard InChI is InChI=1S/C16H15ClN2O/c1-16(2)12-5-3-4-6-13(12)19(15(16)20)10-11-7-8-14(17)18-9-11/h3-9H,10H2,1-2H3. The van der Waals surface area contributed by atoms with Crippen LogP contribution < -0.4 is 4.90 Å². The Labute approximate surface area is 123 Å². The fraction of sp³-hybridized carbons (Fsp3) is 0.250. The van der Waals surface area contributed by atoms with E-state index in [0.717, 1.165) is 16.8 Å². The molecule has 0 atom stereocenters. The summed E-state index contributed by atoms with van der Waals surface area (Å²) in [5, 5.41) is 0.460. The van der Waals surface area contributed by atoms with Crippen molar-refractivity contribution >= 4 is 23.2 Å². The summed E-state index contributed by atoms with van der Waals surface area (Å²) >= 11 is 5.79. The average Bonchev–Trinajstić information content (AvgIpc) is 2.63. The van der Waals surface area contributed by atoms with Crippen molar-refractivity contribution in [1.29, 1.82) is 0 Å². The fourth-order valence-electron chi connectivity index (χ4n) is 2.64. The fourth-order valence-corrected chi connectivity index (χ4v) is 2.75. The second-order valence-electron chi connectivity index (χ2n) is 5.52. The Morgan fingerprint density at radius 1 is 1.20 bits per heavy atom. The summed E-state index contributed by atoms with van der Waals surface area (Å²) in [6.07, 6.45) is 1.71. The molecule has 2 aromatic rings. The van der Waals surface area contributed by atoms with E-state index in [2.05, 4.69) is 4.98 Å². The van der Waals surface area contributed by atoms with Crippen molar-refractivity contribution < 1.29 is 4.79 Å². The summed E-state index contributed by atoms with van der Waals surface area (Å²) in [5.74, 6) is 0.119. The number of anilines is 1. The third-order valence-electron chi connectivity index (χ3n) is 3.78. The number of rotatable bonds is 2. The van der Waals surface area contributed by atoms with E-state index in [1.54, 1.807) is 12.3 Å². The second-order valence-corrected chi connectivity index (χ2v) is 5.91. The molecule has 0 bridgehead atoms. The number of hydrogen-bond donors (Lipinski definition) is 0. The molecule has 0 fully saturated rings. The van der Waals surface area contributed by atoms with E-state index < -0.39 is 5.41 Å². The quantitative estimate of drug-likeness (QED) is 0.791. The number of carbonyl (C=O) groups excluding carboxylic acids is 1. The Balaban J connectivity index is 1.98. The molecule has 102 valence electrons. The Morgan fingerprint density at radius 2 is 1.95 bits per heavy atom. The number of pyridine rings is 1. The van der Waals surface area contributed by atoms with Crippen LogP contribution >= 0.6 is 11.6 Å². The summed E-state index contributed by atoms with van der Waals surface area (Å²) in [4.78, 5) is 18.5. The van der Waals surface area contributed by atoms with Crippen LogP contribution in [0.5, 0.6) is 0 Å². The highest BCUT2D eigenvalue weighted by Crippen LogP contribution is 2.41. The molecule has 0 radical (unpaired) electrons. The Morgan fingerprint density at radius 3 is 2.65 bits per heavy atom. The molecular formula is C16H15ClN2O. The summed E-state index contributed by atoms with van der Waals surface area (Å²) in [6, 6.07) is 11.6. The predicted molar refractivity (Wildman–Crippen MR) is 79.9 cm³/mol. The van der Waals surface area contributed by atoms with Crippen molar-refractivity contribution in [3.63, 3.8) is 0 Å². The third-order valence-corrected chi connectivity index (χ3v) is 4.00. The molecule has 3 nitrogen and oxygen atoms in total. The van der Waals surface area contributed by atoms with Crippen LogP contribution in [0.25, 0.3) is 0 Å². The number of nitrogens with zero attached hydrogens (tertiary/aromatic N) is 2. The van der Waals surface area contributed by atoms with Crippen molar-refractivity contribution in [2.45, 2.75) is 25.8 Å². The molecule has 1 aliphatic heterocycles. The first-order valence-corrected chi connectivity index (χ1v) is 6.90. The highest BCUT2D eigenvalue weighted by Gasteiger charge is 2.43. The van der Waals surface area contributed by atoms with Crippen LogP contribution in [0.15, 0.2) is 42.6 Å². The van der Waals surface area contributed by atoms with E-state index in [0.29, 0.717) is 11.7 Å². The summed E-state index contributed by atoms with van der Waals surface area (Å²) in [6.45, 7) is 4.45. The first-order chi connectivity index (χ1) is 9.50. The molecule has 0 saturated heterocycles. The number of halogens is 1. The average molecular weight is 287 g/mol. The number of fused-ring (bicyclic) bond motifs is 1. The molecule has 0 aliphatic carbocycles. The number of amides is 1. The third kappa shape index (κ3) is 1.98. The first-order valence-electron chi connectivity index (χ1n) is 6.52. The van der Waals surface area contributed by atoms with Crippen molar-refractivity contribution in [2.75, 3.05) is 4.90 Å². The van der Waals surface area contributed by atoms with Crippen LogP contribution in [0.3, 0.4) is 0 Å². The second kappa shape index (κ2) is 4.60. The van der Waals surface area contributed by atoms with Gasteiger partial charge in [0.25, 0.3) is 0 Å². The maximum atomic E-state index is 12.6. The molecule has 1 aromatic heterocycles. The lowest BCUT2D eigenvalue weighted by molar-refractivity contribution is -0.122. The van der Waals surface area contributed by atoms with Crippen molar-refractivity contribution in [2.24, 2.45) is 0 Å². The SMILES string of the molecule is CC1(C)C(=O)N(Cc2ccc(Cl)nc2)c2ccccc21. The maximum Gasteiger partial charge on any atom is 0.237 e. The Bertz CT molecular complexity index is 664. The number of benzene rings is 1. The van der Waals surface area contributed by atoms with E-state index in [1.165, 1.54) is 0 Å². The first kappa shape index (κ1) is 13.1. The topological polar surface area (TPSA) is 33.2 Å². The van der Waals surface area contributed by atoms with E-state index in [9.17, 15) is 4.79 Å². The highest BCUT2D eigenvalue weighted by molar-refractivity contribution is 6.29. The van der Waals surface area contributed by atoms with E-state index in [4.69, 9.17) is 11.6 Å². The molecule has 20 heavy (non-hydrogen) atoms. The molecule has 0 spiro atoms. The van der Waals surface area contributed by atoms with Gasteiger partial charge in [0, 0.05) is 11.9 Å². The van der Waals surface area contributed by atoms with Crippen LogP contribution in [-0.4, -0.2) is 10.9 Å². The number of para-hydroxylation sites is 1. The molecule has 0 saturated carbocycles. The minimum absolute atomic E-state index is 0.119. The lowest BCUT2D eigenvalue weighted by atomic mass is 9.86. The van der Waals surface area contributed by atoms with Gasteiger partial charge in [0.2, 0.25) is 5.91 Å². The van der Waals surface area contributed by atoms with Gasteiger partial charge in [0.05, 0.1) is 12.0 Å². The minimum Gasteiger partial charge on any atom is -0.307 e. The van der Waals surface area contributed by atoms with Gasteiger partial charge in [0.1, 0.15) is 5.15 Å². The largest absolute Gasteiger partial charge is 0.307 e. The van der Waals surface area contributed by atoms with Gasteiger partial charge in [-0.2, -0.15) is 0 Å². The minimum atomic E-state index is -0.476. The van der Waals surface area contributed by atoms with Crippen LogP contribution in [0.1, 0.15) is 25.0 Å². The van der Waals surface area contributed by atoms with Crippen molar-refractivity contribution in [1.82, 2.24) is 4.98 Å². The van der Waals surface area contributed by atoms with Gasteiger partial charge < -0.3 is 4.90 Å². The molecular weight excluding hydrogens is 272 g/mol. The Hall–Kier alpha value is -1.87. The molecule has 1 aromatic carbocycles. The highest BCUT2D eigenvalue weighted by atomic mass is 35.5. The van der Waals surface area contributed by atoms with Crippen LogP contribution in [0.2, 0.25) is 5.15 Å². The molecule has 0 unspecified atom stereocenters. The van der Waals surface area contributed by atoms with E-state index in [-0.39, 0.29) is 5.91 Å². The molecule has 4 heteroatoms. The summed E-state index contributed by atoms with van der Waals surface area (Å²) in [7, 11) is 0. The number of hydrogen-bond acceptors (Lipinski definition) is 2. The van der Waals surface area contributed by atoms with Crippen LogP contribution in [0, 0.1) is 0 Å². The number of carbonyl (C=O) groups is 1. The summed E-state index contributed by atoms with van der Waals surface area (Å²) in [5.41, 5.74) is 2.55. The molecule has 0 N–H and O–H groups in total. The van der Waals surface area contributed by atoms with Crippen molar-refractivity contribution in [3.05, 3.63) is 58.9 Å².